The Balaban J connectivity index is 1.78. The molecule has 2 fully saturated rings. The predicted octanol–water partition coefficient (Wildman–Crippen LogP) is 4.35. The molecule has 0 aromatic heterocycles. The van der Waals surface area contributed by atoms with Gasteiger partial charge in [-0.3, -0.25) is 0 Å². The fourth-order valence-electron chi connectivity index (χ4n) is 3.85. The molecule has 0 unspecified atom stereocenters. The molecular weight excluding hydrogens is 352 g/mol. The number of benzene rings is 2. The fraction of sp³-hybridized carbons (Fsp3) is 0.364. The molecule has 2 aliphatic heterocycles. The number of hydrazine groups is 1. The van der Waals surface area contributed by atoms with Crippen LogP contribution < -0.4 is 10.0 Å². The number of hydrogen-bond donors (Lipinski definition) is 0. The highest BCUT2D eigenvalue weighted by Crippen LogP contribution is 2.27. The first-order chi connectivity index (χ1) is 13.8. The number of likely N-dealkylation sites (tertiary alicyclic amines) is 2. The van der Waals surface area contributed by atoms with Gasteiger partial charge in [-0.15, -0.1) is 0 Å². The van der Waals surface area contributed by atoms with Crippen molar-refractivity contribution in [3.05, 3.63) is 60.7 Å². The molecule has 0 N–H and O–H groups in total. The summed E-state index contributed by atoms with van der Waals surface area (Å²) < 4.78 is 0. The molecule has 4 rings (SSSR count). The molecule has 0 spiro atoms. The summed E-state index contributed by atoms with van der Waals surface area (Å²) in [5.74, 6) is 0. The smallest absolute Gasteiger partial charge is 0.323 e. The minimum atomic E-state index is -0.153. The molecule has 2 heterocycles. The van der Waals surface area contributed by atoms with Gasteiger partial charge in [-0.05, 0) is 49.9 Å². The van der Waals surface area contributed by atoms with Gasteiger partial charge in [-0.2, -0.15) is 10.0 Å². The molecule has 0 atom stereocenters. The number of anilines is 2. The van der Waals surface area contributed by atoms with Crippen LogP contribution in [0.15, 0.2) is 60.7 Å². The van der Waals surface area contributed by atoms with Crippen molar-refractivity contribution < 1.29 is 9.59 Å². The quantitative estimate of drug-likeness (QED) is 0.730. The van der Waals surface area contributed by atoms with Gasteiger partial charge < -0.3 is 9.80 Å². The van der Waals surface area contributed by atoms with Crippen molar-refractivity contribution in [2.24, 2.45) is 0 Å². The summed E-state index contributed by atoms with van der Waals surface area (Å²) in [5.41, 5.74) is 1.38. The third-order valence-electron chi connectivity index (χ3n) is 5.32. The van der Waals surface area contributed by atoms with Crippen molar-refractivity contribution in [1.29, 1.82) is 0 Å². The van der Waals surface area contributed by atoms with Crippen LogP contribution in [0.3, 0.4) is 0 Å². The van der Waals surface area contributed by atoms with Gasteiger partial charge in [0.2, 0.25) is 0 Å². The molecule has 2 aliphatic rings. The van der Waals surface area contributed by atoms with Gasteiger partial charge in [0, 0.05) is 26.2 Å². The van der Waals surface area contributed by atoms with Gasteiger partial charge >= 0.3 is 12.1 Å². The van der Waals surface area contributed by atoms with Crippen LogP contribution in [-0.2, 0) is 0 Å². The van der Waals surface area contributed by atoms with Crippen LogP contribution >= 0.6 is 0 Å². The molecule has 28 heavy (non-hydrogen) atoms. The number of amides is 4. The van der Waals surface area contributed by atoms with Crippen LogP contribution in [0.4, 0.5) is 21.0 Å². The normalized spacial score (nSPS) is 16.3. The van der Waals surface area contributed by atoms with E-state index in [0.717, 1.165) is 51.9 Å². The van der Waals surface area contributed by atoms with E-state index in [1.807, 2.05) is 70.5 Å². The summed E-state index contributed by atoms with van der Waals surface area (Å²) in [4.78, 5) is 30.7. The van der Waals surface area contributed by atoms with E-state index in [1.165, 1.54) is 0 Å². The number of carbonyl (C=O) groups is 2. The maximum atomic E-state index is 13.5. The Morgan fingerprint density at radius 1 is 0.571 bits per heavy atom. The maximum Gasteiger partial charge on any atom is 0.344 e. The highest BCUT2D eigenvalue weighted by molar-refractivity contribution is 6.05. The van der Waals surface area contributed by atoms with E-state index in [2.05, 4.69) is 0 Å². The maximum absolute atomic E-state index is 13.5. The zero-order valence-corrected chi connectivity index (χ0v) is 16.0. The third-order valence-corrected chi connectivity index (χ3v) is 5.32. The van der Waals surface area contributed by atoms with Crippen molar-refractivity contribution in [2.75, 3.05) is 36.2 Å². The number of rotatable bonds is 2. The van der Waals surface area contributed by atoms with Gasteiger partial charge in [0.1, 0.15) is 0 Å². The largest absolute Gasteiger partial charge is 0.344 e. The highest BCUT2D eigenvalue weighted by Gasteiger charge is 2.36. The fourth-order valence-corrected chi connectivity index (χ4v) is 3.85. The Bertz CT molecular complexity index is 730. The average molecular weight is 378 g/mol. The second-order valence-electron chi connectivity index (χ2n) is 7.25. The van der Waals surface area contributed by atoms with E-state index in [9.17, 15) is 9.59 Å². The molecule has 6 heteroatoms. The van der Waals surface area contributed by atoms with Crippen molar-refractivity contribution in [1.82, 2.24) is 9.80 Å². The average Bonchev–Trinajstić information content (AvgIpc) is 3.47. The first kappa shape index (κ1) is 18.3. The Morgan fingerprint density at radius 2 is 0.893 bits per heavy atom. The standard InChI is InChI=1S/C22H26N4O2/c27-21(23-15-7-8-16-23)25(19-11-3-1-4-12-19)26(20-13-5-2-6-14-20)22(28)24-17-9-10-18-24/h1-6,11-14H,7-10,15-18H2. The lowest BCUT2D eigenvalue weighted by molar-refractivity contribution is 0.204. The van der Waals surface area contributed by atoms with Crippen LogP contribution in [0.1, 0.15) is 25.7 Å². The molecule has 0 aliphatic carbocycles. The van der Waals surface area contributed by atoms with Crippen LogP contribution in [0, 0.1) is 0 Å². The number of para-hydroxylation sites is 2. The van der Waals surface area contributed by atoms with E-state index in [4.69, 9.17) is 0 Å². The molecule has 6 nitrogen and oxygen atoms in total. The molecule has 0 radical (unpaired) electrons. The number of urea groups is 2. The van der Waals surface area contributed by atoms with E-state index < -0.39 is 0 Å². The summed E-state index contributed by atoms with van der Waals surface area (Å²) in [6.45, 7) is 2.90. The van der Waals surface area contributed by atoms with Crippen LogP contribution in [0.25, 0.3) is 0 Å². The first-order valence-electron chi connectivity index (χ1n) is 10.0. The van der Waals surface area contributed by atoms with E-state index in [0.29, 0.717) is 11.4 Å². The van der Waals surface area contributed by atoms with Gasteiger partial charge in [0.05, 0.1) is 11.4 Å². The van der Waals surface area contributed by atoms with Crippen molar-refractivity contribution in [3.63, 3.8) is 0 Å². The third kappa shape index (κ3) is 3.67. The monoisotopic (exact) mass is 378 g/mol. The summed E-state index contributed by atoms with van der Waals surface area (Å²) in [6, 6.07) is 18.6. The molecule has 2 aromatic carbocycles. The first-order valence-corrected chi connectivity index (χ1v) is 10.0. The summed E-state index contributed by atoms with van der Waals surface area (Å²) in [7, 11) is 0. The zero-order valence-electron chi connectivity index (χ0n) is 16.0. The van der Waals surface area contributed by atoms with Crippen LogP contribution in [0.5, 0.6) is 0 Å². The molecule has 0 saturated carbocycles. The minimum absolute atomic E-state index is 0.153. The second-order valence-corrected chi connectivity index (χ2v) is 7.25. The Morgan fingerprint density at radius 3 is 1.21 bits per heavy atom. The SMILES string of the molecule is O=C(N1CCCC1)N(c1ccccc1)N(C(=O)N1CCCC1)c1ccccc1. The van der Waals surface area contributed by atoms with Crippen molar-refractivity contribution in [3.8, 4) is 0 Å². The lowest BCUT2D eigenvalue weighted by atomic mass is 10.3. The molecule has 2 saturated heterocycles. The van der Waals surface area contributed by atoms with Crippen molar-refractivity contribution in [2.45, 2.75) is 25.7 Å². The van der Waals surface area contributed by atoms with E-state index in [-0.39, 0.29) is 12.1 Å². The van der Waals surface area contributed by atoms with Crippen LogP contribution in [-0.4, -0.2) is 48.0 Å². The summed E-state index contributed by atoms with van der Waals surface area (Å²) in [6.07, 6.45) is 4.00. The second kappa shape index (κ2) is 8.33. The van der Waals surface area contributed by atoms with Gasteiger partial charge in [0.25, 0.3) is 0 Å². The summed E-state index contributed by atoms with van der Waals surface area (Å²) >= 11 is 0. The zero-order chi connectivity index (χ0) is 19.3. The minimum Gasteiger partial charge on any atom is -0.323 e. The van der Waals surface area contributed by atoms with Gasteiger partial charge in [0.15, 0.2) is 0 Å². The topological polar surface area (TPSA) is 47.1 Å². The number of nitrogens with zero attached hydrogens (tertiary/aromatic N) is 4. The van der Waals surface area contributed by atoms with E-state index >= 15 is 0 Å². The molecule has 2 aromatic rings. The Kier molecular flexibility index (Phi) is 5.46. The molecule has 146 valence electrons. The molecule has 4 amide bonds. The summed E-state index contributed by atoms with van der Waals surface area (Å²) in [5, 5.41) is 3.09. The Hall–Kier alpha value is -3.02. The van der Waals surface area contributed by atoms with Crippen molar-refractivity contribution >= 4 is 23.4 Å². The van der Waals surface area contributed by atoms with Gasteiger partial charge in [-0.25, -0.2) is 9.59 Å². The van der Waals surface area contributed by atoms with Crippen LogP contribution in [0.2, 0.25) is 0 Å². The lowest BCUT2D eigenvalue weighted by Crippen LogP contribution is -2.58. The van der Waals surface area contributed by atoms with Gasteiger partial charge in [-0.1, -0.05) is 36.4 Å². The van der Waals surface area contributed by atoms with E-state index in [1.54, 1.807) is 10.0 Å². The Labute approximate surface area is 165 Å². The molecular formula is C22H26N4O2. The number of hydrogen-bond acceptors (Lipinski definition) is 2. The molecule has 0 bridgehead atoms. The highest BCUT2D eigenvalue weighted by atomic mass is 16.2. The number of carbonyl (C=O) groups excluding carboxylic acids is 2. The lowest BCUT2D eigenvalue weighted by Gasteiger charge is -2.38. The predicted molar refractivity (Wildman–Crippen MR) is 110 cm³/mol.